The van der Waals surface area contributed by atoms with Crippen molar-refractivity contribution in [3.8, 4) is 0 Å². The third-order valence-electron chi connectivity index (χ3n) is 4.88. The molecule has 1 aromatic rings. The van der Waals surface area contributed by atoms with Crippen LogP contribution in [0.1, 0.15) is 31.4 Å². The molecule has 0 aliphatic heterocycles. The summed E-state index contributed by atoms with van der Waals surface area (Å²) in [5.41, 5.74) is 2.03. The van der Waals surface area contributed by atoms with E-state index in [1.165, 1.54) is 6.92 Å². The first-order chi connectivity index (χ1) is 18.4. The molecule has 0 bridgehead atoms. The van der Waals surface area contributed by atoms with Gasteiger partial charge in [0.25, 0.3) is 0 Å². The SMILES string of the molecule is CCC(=O)NCCOCCOCC(=O)NCCOCCOCC(=O)NCc1ccc(CNCC(C)=O)cc1. The summed E-state index contributed by atoms with van der Waals surface area (Å²) >= 11 is 0. The van der Waals surface area contributed by atoms with Gasteiger partial charge in [0, 0.05) is 32.6 Å². The summed E-state index contributed by atoms with van der Waals surface area (Å²) in [5.74, 6) is -0.405. The van der Waals surface area contributed by atoms with Crippen molar-refractivity contribution in [1.29, 1.82) is 0 Å². The van der Waals surface area contributed by atoms with Crippen molar-refractivity contribution in [2.24, 2.45) is 0 Å². The Balaban J connectivity index is 1.91. The van der Waals surface area contributed by atoms with E-state index in [2.05, 4.69) is 21.3 Å². The Kier molecular flexibility index (Phi) is 19.3. The quantitative estimate of drug-likeness (QED) is 0.137. The number of carbonyl (C=O) groups excluding carboxylic acids is 4. The van der Waals surface area contributed by atoms with Crippen LogP contribution in [0.2, 0.25) is 0 Å². The van der Waals surface area contributed by atoms with E-state index in [0.717, 1.165) is 11.1 Å². The van der Waals surface area contributed by atoms with Crippen LogP contribution in [0.25, 0.3) is 0 Å². The van der Waals surface area contributed by atoms with Gasteiger partial charge in [-0.3, -0.25) is 19.2 Å². The predicted molar refractivity (Wildman–Crippen MR) is 140 cm³/mol. The normalized spacial score (nSPS) is 10.7. The van der Waals surface area contributed by atoms with Crippen LogP contribution in [-0.4, -0.2) is 96.0 Å². The van der Waals surface area contributed by atoms with Crippen molar-refractivity contribution in [3.05, 3.63) is 35.4 Å². The Labute approximate surface area is 224 Å². The van der Waals surface area contributed by atoms with E-state index in [0.29, 0.717) is 65.6 Å². The molecule has 0 aliphatic rings. The zero-order valence-corrected chi connectivity index (χ0v) is 22.5. The van der Waals surface area contributed by atoms with Crippen LogP contribution < -0.4 is 21.3 Å². The fourth-order valence-corrected chi connectivity index (χ4v) is 2.88. The lowest BCUT2D eigenvalue weighted by molar-refractivity contribution is -0.127. The van der Waals surface area contributed by atoms with Crippen LogP contribution in [0.3, 0.4) is 0 Å². The van der Waals surface area contributed by atoms with Crippen LogP contribution in [0.4, 0.5) is 0 Å². The van der Waals surface area contributed by atoms with Gasteiger partial charge in [-0.15, -0.1) is 0 Å². The van der Waals surface area contributed by atoms with Crippen molar-refractivity contribution in [2.75, 3.05) is 72.5 Å². The molecule has 0 saturated carbocycles. The molecule has 214 valence electrons. The summed E-state index contributed by atoms with van der Waals surface area (Å²) in [6.45, 7) is 7.21. The molecule has 38 heavy (non-hydrogen) atoms. The number of benzene rings is 1. The summed E-state index contributed by atoms with van der Waals surface area (Å²) in [6.07, 6.45) is 0.443. The summed E-state index contributed by atoms with van der Waals surface area (Å²) in [7, 11) is 0. The molecule has 1 aromatic carbocycles. The zero-order valence-electron chi connectivity index (χ0n) is 22.5. The summed E-state index contributed by atoms with van der Waals surface area (Å²) in [4.78, 5) is 45.6. The summed E-state index contributed by atoms with van der Waals surface area (Å²) in [5, 5.41) is 11.2. The van der Waals surface area contributed by atoms with Gasteiger partial charge >= 0.3 is 0 Å². The molecule has 0 radical (unpaired) electrons. The van der Waals surface area contributed by atoms with Crippen LogP contribution >= 0.6 is 0 Å². The monoisotopic (exact) mass is 538 g/mol. The standard InChI is InChI=1S/C26H42N4O8/c1-3-24(32)28-8-10-35-12-14-37-19-25(33)29-9-11-36-13-15-38-20-26(34)30-18-23-6-4-22(5-7-23)17-27-16-21(2)31/h4-7,27H,3,8-20H2,1-2H3,(H,28,32)(H,29,33)(H,30,34). The molecule has 0 saturated heterocycles. The topological polar surface area (TPSA) is 153 Å². The molecule has 0 spiro atoms. The van der Waals surface area contributed by atoms with Crippen LogP contribution in [0, 0.1) is 0 Å². The Morgan fingerprint density at radius 2 is 1.11 bits per heavy atom. The number of nitrogens with one attached hydrogen (secondary N) is 4. The fraction of sp³-hybridized carbons (Fsp3) is 0.615. The first-order valence-electron chi connectivity index (χ1n) is 12.8. The molecule has 0 heterocycles. The highest BCUT2D eigenvalue weighted by Gasteiger charge is 2.04. The molecule has 0 fully saturated rings. The van der Waals surface area contributed by atoms with Crippen molar-refractivity contribution in [3.63, 3.8) is 0 Å². The number of Topliss-reactive ketones (excluding diaryl/α,β-unsaturated/α-hetero) is 1. The number of ether oxygens (including phenoxy) is 4. The lowest BCUT2D eigenvalue weighted by Crippen LogP contribution is -2.31. The van der Waals surface area contributed by atoms with Crippen LogP contribution in [0.5, 0.6) is 0 Å². The minimum atomic E-state index is -0.254. The first-order valence-corrected chi connectivity index (χ1v) is 12.8. The van der Waals surface area contributed by atoms with E-state index in [1.54, 1.807) is 6.92 Å². The molecular weight excluding hydrogens is 496 g/mol. The van der Waals surface area contributed by atoms with Crippen LogP contribution in [0.15, 0.2) is 24.3 Å². The molecular formula is C26H42N4O8. The highest BCUT2D eigenvalue weighted by molar-refractivity contribution is 5.78. The van der Waals surface area contributed by atoms with E-state index in [4.69, 9.17) is 18.9 Å². The number of ketones is 1. The number of rotatable bonds is 23. The molecule has 0 aliphatic carbocycles. The highest BCUT2D eigenvalue weighted by Crippen LogP contribution is 2.04. The summed E-state index contributed by atoms with van der Waals surface area (Å²) < 4.78 is 21.2. The number of hydrogen-bond donors (Lipinski definition) is 4. The highest BCUT2D eigenvalue weighted by atomic mass is 16.5. The minimum absolute atomic E-state index is 0.0204. The molecule has 12 heteroatoms. The van der Waals surface area contributed by atoms with Gasteiger partial charge in [-0.1, -0.05) is 31.2 Å². The fourth-order valence-electron chi connectivity index (χ4n) is 2.88. The molecule has 0 atom stereocenters. The van der Waals surface area contributed by atoms with Gasteiger partial charge in [0.05, 0.1) is 46.2 Å². The molecule has 0 aromatic heterocycles. The predicted octanol–water partition coefficient (Wildman–Crippen LogP) is -0.310. The molecule has 0 unspecified atom stereocenters. The van der Waals surface area contributed by atoms with E-state index >= 15 is 0 Å². The lowest BCUT2D eigenvalue weighted by Gasteiger charge is -2.09. The third-order valence-corrected chi connectivity index (χ3v) is 4.88. The molecule has 12 nitrogen and oxygen atoms in total. The average Bonchev–Trinajstić information content (AvgIpc) is 2.90. The van der Waals surface area contributed by atoms with Crippen LogP contribution in [-0.2, 0) is 51.2 Å². The van der Waals surface area contributed by atoms with E-state index < -0.39 is 0 Å². The molecule has 3 amide bonds. The van der Waals surface area contributed by atoms with Crippen molar-refractivity contribution in [1.82, 2.24) is 21.3 Å². The Morgan fingerprint density at radius 3 is 1.63 bits per heavy atom. The smallest absolute Gasteiger partial charge is 0.246 e. The van der Waals surface area contributed by atoms with E-state index in [-0.39, 0.29) is 49.9 Å². The van der Waals surface area contributed by atoms with Gasteiger partial charge in [0.15, 0.2) is 0 Å². The number of carbonyl (C=O) groups is 4. The lowest BCUT2D eigenvalue weighted by atomic mass is 10.1. The Hall–Kier alpha value is -2.90. The van der Waals surface area contributed by atoms with Gasteiger partial charge in [0.1, 0.15) is 19.0 Å². The van der Waals surface area contributed by atoms with Gasteiger partial charge in [-0.05, 0) is 18.1 Å². The van der Waals surface area contributed by atoms with Gasteiger partial charge in [-0.25, -0.2) is 0 Å². The maximum Gasteiger partial charge on any atom is 0.246 e. The van der Waals surface area contributed by atoms with Crippen molar-refractivity contribution in [2.45, 2.75) is 33.4 Å². The maximum absolute atomic E-state index is 11.9. The second kappa shape index (κ2) is 22.1. The third kappa shape index (κ3) is 19.2. The van der Waals surface area contributed by atoms with Gasteiger partial charge in [-0.2, -0.15) is 0 Å². The second-order valence-corrected chi connectivity index (χ2v) is 8.28. The molecule has 1 rings (SSSR count). The minimum Gasteiger partial charge on any atom is -0.377 e. The first kappa shape index (κ1) is 33.1. The number of hydrogen-bond acceptors (Lipinski definition) is 9. The number of amides is 3. The van der Waals surface area contributed by atoms with Gasteiger partial charge < -0.3 is 40.2 Å². The van der Waals surface area contributed by atoms with Gasteiger partial charge in [0.2, 0.25) is 17.7 Å². The van der Waals surface area contributed by atoms with E-state index in [1.807, 2.05) is 24.3 Å². The maximum atomic E-state index is 11.9. The molecule has 4 N–H and O–H groups in total. The largest absolute Gasteiger partial charge is 0.377 e. The van der Waals surface area contributed by atoms with Crippen molar-refractivity contribution >= 4 is 23.5 Å². The average molecular weight is 539 g/mol. The Morgan fingerprint density at radius 1 is 0.632 bits per heavy atom. The second-order valence-electron chi connectivity index (χ2n) is 8.28. The van der Waals surface area contributed by atoms with E-state index in [9.17, 15) is 19.2 Å². The zero-order chi connectivity index (χ0) is 27.8. The summed E-state index contributed by atoms with van der Waals surface area (Å²) in [6, 6.07) is 7.76. The van der Waals surface area contributed by atoms with Crippen molar-refractivity contribution < 1.29 is 38.1 Å². The Bertz CT molecular complexity index is 820.